The second kappa shape index (κ2) is 14.0. The molecule has 0 atom stereocenters. The van der Waals surface area contributed by atoms with Crippen molar-refractivity contribution in [3.8, 4) is 11.1 Å². The van der Waals surface area contributed by atoms with Crippen LogP contribution in [0.25, 0.3) is 49.0 Å². The van der Waals surface area contributed by atoms with Crippen LogP contribution >= 0.6 is 0 Å². The van der Waals surface area contributed by atoms with Crippen LogP contribution < -0.4 is 0 Å². The van der Waals surface area contributed by atoms with Gasteiger partial charge in [-0.15, -0.1) is 0 Å². The molecule has 0 heterocycles. The lowest BCUT2D eigenvalue weighted by atomic mass is 9.84. The largest absolute Gasteiger partial charge is 0.0990 e. The third kappa shape index (κ3) is 6.24. The summed E-state index contributed by atoms with van der Waals surface area (Å²) in [5.74, 6) is 0. The molecule has 5 aromatic rings. The molecule has 5 rings (SSSR count). The average molecular weight is 553 g/mol. The molecule has 42 heavy (non-hydrogen) atoms. The molecule has 0 aliphatic heterocycles. The predicted octanol–water partition coefficient (Wildman–Crippen LogP) is 13.1. The number of allylic oxidation sites excluding steroid dienone is 5. The molecule has 0 bridgehead atoms. The Kier molecular flexibility index (Phi) is 9.96. The van der Waals surface area contributed by atoms with E-state index in [0.717, 1.165) is 6.42 Å². The van der Waals surface area contributed by atoms with Gasteiger partial charge in [-0.05, 0) is 111 Å². The SMILES string of the molecule is C=C/C=C(\C=C/CCCCCC)c1cc(C)c2ccc3c(-c4ccc(CCCCCC)cc4)cc(C)c4ccc1c2c43. The summed E-state index contributed by atoms with van der Waals surface area (Å²) in [6.45, 7) is 13.1. The molecule has 0 saturated heterocycles. The summed E-state index contributed by atoms with van der Waals surface area (Å²) in [5.41, 5.74) is 9.31. The third-order valence-corrected chi connectivity index (χ3v) is 9.03. The van der Waals surface area contributed by atoms with Gasteiger partial charge in [0.05, 0.1) is 0 Å². The van der Waals surface area contributed by atoms with Crippen molar-refractivity contribution in [3.63, 3.8) is 0 Å². The first kappa shape index (κ1) is 29.8. The molecule has 0 N–H and O–H groups in total. The molecule has 0 saturated carbocycles. The second-order valence-corrected chi connectivity index (χ2v) is 12.2. The first-order valence-corrected chi connectivity index (χ1v) is 16.4. The van der Waals surface area contributed by atoms with Gasteiger partial charge in [-0.25, -0.2) is 0 Å². The van der Waals surface area contributed by atoms with Crippen LogP contribution in [0.2, 0.25) is 0 Å². The maximum atomic E-state index is 4.06. The second-order valence-electron chi connectivity index (χ2n) is 12.2. The number of hydrogen-bond donors (Lipinski definition) is 0. The normalized spacial score (nSPS) is 12.4. The summed E-state index contributed by atoms with van der Waals surface area (Å²) in [5, 5.41) is 8.18. The summed E-state index contributed by atoms with van der Waals surface area (Å²) in [6.07, 6.45) is 21.5. The third-order valence-electron chi connectivity index (χ3n) is 9.03. The van der Waals surface area contributed by atoms with Crippen LogP contribution in [0.3, 0.4) is 0 Å². The van der Waals surface area contributed by atoms with Crippen molar-refractivity contribution in [1.29, 1.82) is 0 Å². The van der Waals surface area contributed by atoms with Crippen LogP contribution in [-0.4, -0.2) is 0 Å². The Bertz CT molecular complexity index is 1710. The number of unbranched alkanes of at least 4 members (excludes halogenated alkanes) is 7. The van der Waals surface area contributed by atoms with Crippen molar-refractivity contribution in [1.82, 2.24) is 0 Å². The minimum absolute atomic E-state index is 1.12. The molecule has 5 aromatic carbocycles. The summed E-state index contributed by atoms with van der Waals surface area (Å²) < 4.78 is 0. The summed E-state index contributed by atoms with van der Waals surface area (Å²) in [6, 6.07) is 23.6. The van der Waals surface area contributed by atoms with E-state index in [1.165, 1.54) is 129 Å². The van der Waals surface area contributed by atoms with Gasteiger partial charge in [0.1, 0.15) is 0 Å². The van der Waals surface area contributed by atoms with Crippen molar-refractivity contribution in [3.05, 3.63) is 114 Å². The van der Waals surface area contributed by atoms with E-state index in [1.807, 2.05) is 6.08 Å². The van der Waals surface area contributed by atoms with Crippen LogP contribution in [0, 0.1) is 13.8 Å². The molecule has 0 radical (unpaired) electrons. The van der Waals surface area contributed by atoms with Gasteiger partial charge in [0.15, 0.2) is 0 Å². The lowest BCUT2D eigenvalue weighted by Crippen LogP contribution is -1.95. The van der Waals surface area contributed by atoms with Gasteiger partial charge in [0.2, 0.25) is 0 Å². The number of rotatable bonds is 14. The van der Waals surface area contributed by atoms with Crippen molar-refractivity contribution >= 4 is 37.9 Å². The standard InChI is InChI=1S/C42H48/c1-6-9-11-13-14-16-19-33(17-8-3)39-28-30(4)35-25-27-38-40(29-31(5)36-24-26-37(39)41(35)42(36)38)34-22-20-32(21-23-34)18-15-12-10-7-2/h8,16-17,19-29H,3,6-7,9-15,18H2,1-2,4-5H3/b19-16-,33-17+. The maximum absolute atomic E-state index is 4.06. The summed E-state index contributed by atoms with van der Waals surface area (Å²) in [4.78, 5) is 0. The van der Waals surface area contributed by atoms with Crippen LogP contribution in [0.5, 0.6) is 0 Å². The average Bonchev–Trinajstić information content (AvgIpc) is 3.01. The Balaban J connectivity index is 1.60. The smallest absolute Gasteiger partial charge is 0.00176 e. The molecule has 216 valence electrons. The van der Waals surface area contributed by atoms with Crippen molar-refractivity contribution in [2.75, 3.05) is 0 Å². The van der Waals surface area contributed by atoms with Gasteiger partial charge in [0.25, 0.3) is 0 Å². The summed E-state index contributed by atoms with van der Waals surface area (Å²) in [7, 11) is 0. The van der Waals surface area contributed by atoms with E-state index in [4.69, 9.17) is 0 Å². The van der Waals surface area contributed by atoms with E-state index in [9.17, 15) is 0 Å². The van der Waals surface area contributed by atoms with E-state index < -0.39 is 0 Å². The van der Waals surface area contributed by atoms with E-state index in [2.05, 4.69) is 113 Å². The molecule has 0 amide bonds. The predicted molar refractivity (Wildman–Crippen MR) is 189 cm³/mol. The number of hydrogen-bond acceptors (Lipinski definition) is 0. The molecule has 0 aromatic heterocycles. The van der Waals surface area contributed by atoms with Crippen LogP contribution in [0.1, 0.15) is 93.9 Å². The van der Waals surface area contributed by atoms with Gasteiger partial charge < -0.3 is 0 Å². The Labute approximate surface area is 254 Å². The molecule has 0 spiro atoms. The Hall–Kier alpha value is -3.64. The quantitative estimate of drug-likeness (QED) is 0.0730. The highest BCUT2D eigenvalue weighted by atomic mass is 14.2. The number of aryl methyl sites for hydroxylation is 3. The molecule has 0 aliphatic carbocycles. The zero-order valence-corrected chi connectivity index (χ0v) is 26.4. The summed E-state index contributed by atoms with van der Waals surface area (Å²) >= 11 is 0. The van der Waals surface area contributed by atoms with Crippen molar-refractivity contribution in [2.24, 2.45) is 0 Å². The van der Waals surface area contributed by atoms with Crippen LogP contribution in [0.4, 0.5) is 0 Å². The first-order chi connectivity index (χ1) is 20.6. The topological polar surface area (TPSA) is 0 Å². The molecule has 0 nitrogen and oxygen atoms in total. The lowest BCUT2D eigenvalue weighted by molar-refractivity contribution is 0.667. The van der Waals surface area contributed by atoms with Gasteiger partial charge in [-0.3, -0.25) is 0 Å². The zero-order valence-electron chi connectivity index (χ0n) is 26.4. The van der Waals surface area contributed by atoms with E-state index in [-0.39, 0.29) is 0 Å². The highest BCUT2D eigenvalue weighted by Gasteiger charge is 2.18. The first-order valence-electron chi connectivity index (χ1n) is 16.4. The maximum Gasteiger partial charge on any atom is -0.00176 e. The lowest BCUT2D eigenvalue weighted by Gasteiger charge is -2.20. The molecular weight excluding hydrogens is 504 g/mol. The van der Waals surface area contributed by atoms with Gasteiger partial charge >= 0.3 is 0 Å². The van der Waals surface area contributed by atoms with E-state index in [0.29, 0.717) is 0 Å². The zero-order chi connectivity index (χ0) is 29.5. The molecular formula is C42H48. The monoisotopic (exact) mass is 552 g/mol. The molecule has 0 fully saturated rings. The highest BCUT2D eigenvalue weighted by molar-refractivity contribution is 6.28. The minimum Gasteiger partial charge on any atom is -0.0990 e. The van der Waals surface area contributed by atoms with Gasteiger partial charge in [-0.2, -0.15) is 0 Å². The Morgan fingerprint density at radius 2 is 1.29 bits per heavy atom. The van der Waals surface area contributed by atoms with Crippen molar-refractivity contribution < 1.29 is 0 Å². The molecule has 0 aliphatic rings. The van der Waals surface area contributed by atoms with Gasteiger partial charge in [0, 0.05) is 0 Å². The van der Waals surface area contributed by atoms with Crippen LogP contribution in [0.15, 0.2) is 91.5 Å². The fourth-order valence-electron chi connectivity index (χ4n) is 6.69. The number of benzene rings is 5. The van der Waals surface area contributed by atoms with Gasteiger partial charge in [-0.1, -0.05) is 144 Å². The highest BCUT2D eigenvalue weighted by Crippen LogP contribution is 2.44. The minimum atomic E-state index is 1.12. The van der Waals surface area contributed by atoms with Crippen molar-refractivity contribution in [2.45, 2.75) is 91.9 Å². The fraction of sp³-hybridized carbons (Fsp3) is 0.333. The van der Waals surface area contributed by atoms with Crippen LogP contribution in [-0.2, 0) is 6.42 Å². The fourth-order valence-corrected chi connectivity index (χ4v) is 6.69. The Morgan fingerprint density at radius 1 is 0.667 bits per heavy atom. The Morgan fingerprint density at radius 3 is 1.98 bits per heavy atom. The van der Waals surface area contributed by atoms with E-state index in [1.54, 1.807) is 0 Å². The molecule has 0 unspecified atom stereocenters. The molecule has 0 heteroatoms. The van der Waals surface area contributed by atoms with E-state index >= 15 is 0 Å².